The number of nitrogens with zero attached hydrogens (tertiary/aromatic N) is 2. The van der Waals surface area contributed by atoms with Gasteiger partial charge in [0.1, 0.15) is 5.75 Å². The van der Waals surface area contributed by atoms with E-state index in [0.29, 0.717) is 24.6 Å². The summed E-state index contributed by atoms with van der Waals surface area (Å²) in [5, 5.41) is 0. The van der Waals surface area contributed by atoms with Gasteiger partial charge >= 0.3 is 5.69 Å². The van der Waals surface area contributed by atoms with Crippen molar-refractivity contribution >= 4 is 5.69 Å². The molecular formula is C15H21N3O2. The lowest BCUT2D eigenvalue weighted by Gasteiger charge is -2.08. The van der Waals surface area contributed by atoms with Crippen molar-refractivity contribution in [2.75, 3.05) is 12.3 Å². The van der Waals surface area contributed by atoms with Crippen LogP contribution >= 0.6 is 0 Å². The Bertz CT molecular complexity index is 601. The number of aryl methyl sites for hydroxylation is 2. The van der Waals surface area contributed by atoms with Crippen molar-refractivity contribution in [1.29, 1.82) is 0 Å². The normalized spacial score (nSPS) is 10.7. The largest absolute Gasteiger partial charge is 0.491 e. The molecule has 0 aliphatic carbocycles. The van der Waals surface area contributed by atoms with E-state index in [-0.39, 0.29) is 5.69 Å². The second-order valence-corrected chi connectivity index (χ2v) is 4.71. The highest BCUT2D eigenvalue weighted by Gasteiger charge is 2.03. The smallest absolute Gasteiger partial charge is 0.328 e. The Morgan fingerprint density at radius 2 is 1.85 bits per heavy atom. The highest BCUT2D eigenvalue weighted by molar-refractivity contribution is 5.51. The molecule has 2 rings (SSSR count). The zero-order valence-electron chi connectivity index (χ0n) is 11.8. The number of anilines is 1. The van der Waals surface area contributed by atoms with E-state index in [1.54, 1.807) is 9.13 Å². The lowest BCUT2D eigenvalue weighted by Crippen LogP contribution is -2.24. The van der Waals surface area contributed by atoms with Crippen molar-refractivity contribution in [1.82, 2.24) is 9.13 Å². The first-order chi connectivity index (χ1) is 9.72. The fourth-order valence-electron chi connectivity index (χ4n) is 2.06. The number of para-hydroxylation sites is 2. The third-order valence-corrected chi connectivity index (χ3v) is 3.10. The minimum absolute atomic E-state index is 0.0473. The van der Waals surface area contributed by atoms with Crippen LogP contribution in [-0.4, -0.2) is 15.7 Å². The van der Waals surface area contributed by atoms with Gasteiger partial charge in [-0.25, -0.2) is 4.79 Å². The number of aromatic nitrogens is 2. The van der Waals surface area contributed by atoms with Gasteiger partial charge in [-0.2, -0.15) is 0 Å². The summed E-state index contributed by atoms with van der Waals surface area (Å²) in [6.45, 7) is 4.02. The van der Waals surface area contributed by atoms with E-state index in [4.69, 9.17) is 10.5 Å². The second-order valence-electron chi connectivity index (χ2n) is 4.71. The van der Waals surface area contributed by atoms with Crippen molar-refractivity contribution in [2.45, 2.75) is 32.9 Å². The zero-order chi connectivity index (χ0) is 14.4. The Hall–Kier alpha value is -2.17. The van der Waals surface area contributed by atoms with E-state index in [1.165, 1.54) is 0 Å². The molecule has 0 unspecified atom stereocenters. The van der Waals surface area contributed by atoms with E-state index < -0.39 is 0 Å². The molecular weight excluding hydrogens is 254 g/mol. The molecule has 0 saturated heterocycles. The van der Waals surface area contributed by atoms with Crippen molar-refractivity contribution in [3.8, 4) is 5.75 Å². The highest BCUT2D eigenvalue weighted by Crippen LogP contribution is 2.19. The minimum atomic E-state index is 0.0473. The number of ether oxygens (including phenoxy) is 1. The molecule has 0 spiro atoms. The molecule has 5 heteroatoms. The van der Waals surface area contributed by atoms with Gasteiger partial charge in [-0.3, -0.25) is 9.13 Å². The van der Waals surface area contributed by atoms with Gasteiger partial charge < -0.3 is 10.5 Å². The third-order valence-electron chi connectivity index (χ3n) is 3.10. The number of nitrogen functional groups attached to an aromatic ring is 1. The van der Waals surface area contributed by atoms with Gasteiger partial charge in [0.05, 0.1) is 12.3 Å². The van der Waals surface area contributed by atoms with Crippen LogP contribution < -0.4 is 16.2 Å². The molecule has 0 radical (unpaired) electrons. The number of nitrogens with two attached hydrogens (primary N) is 1. The molecule has 1 heterocycles. The van der Waals surface area contributed by atoms with Crippen LogP contribution in [0, 0.1) is 0 Å². The molecule has 2 N–H and O–H groups in total. The van der Waals surface area contributed by atoms with Crippen LogP contribution in [0.5, 0.6) is 5.75 Å². The van der Waals surface area contributed by atoms with E-state index in [1.807, 2.05) is 36.7 Å². The monoisotopic (exact) mass is 275 g/mol. The van der Waals surface area contributed by atoms with Crippen LogP contribution in [0.15, 0.2) is 41.5 Å². The van der Waals surface area contributed by atoms with Crippen LogP contribution in [0.2, 0.25) is 0 Å². The van der Waals surface area contributed by atoms with Crippen molar-refractivity contribution < 1.29 is 4.74 Å². The van der Waals surface area contributed by atoms with Gasteiger partial charge in [0.25, 0.3) is 0 Å². The van der Waals surface area contributed by atoms with Crippen LogP contribution in [0.3, 0.4) is 0 Å². The first-order valence-corrected chi connectivity index (χ1v) is 6.95. The van der Waals surface area contributed by atoms with E-state index in [9.17, 15) is 4.79 Å². The standard InChI is InChI=1S/C15H21N3O2/c1-2-8-17-10-11-18(15(17)19)9-5-12-20-14-7-4-3-6-13(14)16/h3-4,6-7,10-11H,2,5,8-9,12,16H2,1H3. The van der Waals surface area contributed by atoms with Crippen LogP contribution in [-0.2, 0) is 13.1 Å². The number of rotatable bonds is 7. The predicted octanol–water partition coefficient (Wildman–Crippen LogP) is 2.11. The molecule has 0 fully saturated rings. The van der Waals surface area contributed by atoms with E-state index in [0.717, 1.165) is 19.4 Å². The maximum absolute atomic E-state index is 11.9. The first-order valence-electron chi connectivity index (χ1n) is 6.95. The summed E-state index contributed by atoms with van der Waals surface area (Å²) in [7, 11) is 0. The molecule has 0 amide bonds. The van der Waals surface area contributed by atoms with Crippen molar-refractivity contribution in [3.05, 3.63) is 47.1 Å². The summed E-state index contributed by atoms with van der Waals surface area (Å²) >= 11 is 0. The molecule has 0 saturated carbocycles. The van der Waals surface area contributed by atoms with Crippen LogP contribution in [0.1, 0.15) is 19.8 Å². The number of benzene rings is 1. The fraction of sp³-hybridized carbons (Fsp3) is 0.400. The van der Waals surface area contributed by atoms with E-state index >= 15 is 0 Å². The summed E-state index contributed by atoms with van der Waals surface area (Å²) in [6.07, 6.45) is 5.39. The maximum atomic E-state index is 11.9. The van der Waals surface area contributed by atoms with Crippen molar-refractivity contribution in [2.24, 2.45) is 0 Å². The summed E-state index contributed by atoms with van der Waals surface area (Å²) < 4.78 is 9.05. The van der Waals surface area contributed by atoms with Gasteiger partial charge in [-0.15, -0.1) is 0 Å². The third kappa shape index (κ3) is 3.44. The van der Waals surface area contributed by atoms with Crippen LogP contribution in [0.25, 0.3) is 0 Å². The molecule has 108 valence electrons. The molecule has 20 heavy (non-hydrogen) atoms. The Morgan fingerprint density at radius 1 is 1.15 bits per heavy atom. The Labute approximate surface area is 118 Å². The molecule has 1 aromatic heterocycles. The van der Waals surface area contributed by atoms with Gasteiger partial charge in [0, 0.05) is 25.5 Å². The minimum Gasteiger partial charge on any atom is -0.491 e. The van der Waals surface area contributed by atoms with E-state index in [2.05, 4.69) is 6.92 Å². The SMILES string of the molecule is CCCn1ccn(CCCOc2ccccc2N)c1=O. The van der Waals surface area contributed by atoms with Gasteiger partial charge in [-0.1, -0.05) is 19.1 Å². The highest BCUT2D eigenvalue weighted by atomic mass is 16.5. The van der Waals surface area contributed by atoms with Gasteiger partial charge in [-0.05, 0) is 25.0 Å². The topological polar surface area (TPSA) is 62.2 Å². The Morgan fingerprint density at radius 3 is 2.55 bits per heavy atom. The molecule has 0 bridgehead atoms. The number of imidazole rings is 1. The summed E-state index contributed by atoms with van der Waals surface area (Å²) in [4.78, 5) is 11.9. The Kier molecular flexibility index (Phi) is 4.87. The zero-order valence-corrected chi connectivity index (χ0v) is 11.8. The number of hydrogen-bond acceptors (Lipinski definition) is 3. The second kappa shape index (κ2) is 6.84. The molecule has 0 aliphatic heterocycles. The number of hydrogen-bond donors (Lipinski definition) is 1. The molecule has 5 nitrogen and oxygen atoms in total. The average Bonchev–Trinajstić information content (AvgIpc) is 2.79. The maximum Gasteiger partial charge on any atom is 0.328 e. The first kappa shape index (κ1) is 14.2. The summed E-state index contributed by atoms with van der Waals surface area (Å²) in [5.74, 6) is 0.698. The van der Waals surface area contributed by atoms with Gasteiger partial charge in [0.15, 0.2) is 0 Å². The predicted molar refractivity (Wildman–Crippen MR) is 79.9 cm³/mol. The lowest BCUT2D eigenvalue weighted by atomic mass is 10.3. The molecule has 0 aliphatic rings. The average molecular weight is 275 g/mol. The van der Waals surface area contributed by atoms with Crippen molar-refractivity contribution in [3.63, 3.8) is 0 Å². The fourth-order valence-corrected chi connectivity index (χ4v) is 2.06. The van der Waals surface area contributed by atoms with Crippen LogP contribution in [0.4, 0.5) is 5.69 Å². The van der Waals surface area contributed by atoms with Gasteiger partial charge in [0.2, 0.25) is 0 Å². The summed E-state index contributed by atoms with van der Waals surface area (Å²) in [6, 6.07) is 7.42. The molecule has 1 aromatic carbocycles. The quantitative estimate of drug-likeness (QED) is 0.622. The summed E-state index contributed by atoms with van der Waals surface area (Å²) in [5.41, 5.74) is 6.48. The lowest BCUT2D eigenvalue weighted by molar-refractivity contribution is 0.302. The Balaban J connectivity index is 1.82. The molecule has 0 atom stereocenters. The molecule has 2 aromatic rings.